The third kappa shape index (κ3) is 9.41. The second-order valence-corrected chi connectivity index (χ2v) is 14.4. The van der Waals surface area contributed by atoms with Gasteiger partial charge in [0, 0.05) is 0 Å². The van der Waals surface area contributed by atoms with Crippen molar-refractivity contribution in [2.45, 2.75) is 77.8 Å². The molecule has 2 aromatic rings. The molecule has 0 bridgehead atoms. The zero-order valence-electron chi connectivity index (χ0n) is 18.8. The molecule has 0 aliphatic rings. The molecule has 2 rings (SSSR count). The van der Waals surface area contributed by atoms with Crippen molar-refractivity contribution in [1.29, 1.82) is 0 Å². The normalized spacial score (nSPS) is 11.9. The molecule has 0 saturated heterocycles. The van der Waals surface area contributed by atoms with Crippen molar-refractivity contribution in [2.24, 2.45) is 0 Å². The molecular weight excluding hydrogens is 475 g/mol. The van der Waals surface area contributed by atoms with Crippen LogP contribution in [0.2, 0.25) is 0 Å². The standard InChI is InChI=1S/C12H10N.C12H27P.ClH.Pd/c13-12-9-5-4-8-11(12)10-6-2-1-3-7-10;1-10(2,3)13(11(4,5)6)12(7,8)9;;/h1-6,8-9H,13H2;1-9H3;1H;/q-1;;;+2/p-1. The van der Waals surface area contributed by atoms with Gasteiger partial charge in [0.1, 0.15) is 0 Å². The number of anilines is 1. The van der Waals surface area contributed by atoms with Crippen molar-refractivity contribution in [3.05, 3.63) is 54.6 Å². The van der Waals surface area contributed by atoms with Gasteiger partial charge in [-0.2, -0.15) is 0 Å². The molecule has 1 nitrogen and oxygen atoms in total. The predicted octanol–water partition coefficient (Wildman–Crippen LogP) is 8.29. The Bertz CT molecular complexity index is 649. The van der Waals surface area contributed by atoms with Gasteiger partial charge in [0.2, 0.25) is 0 Å². The SMILES string of the molecule is CC(C)(C)P(C(C)(C)C)C(C)(C)C.Nc1ccccc1-c1[c-]cccc1.[Cl][Pd+]. The molecule has 28 heavy (non-hydrogen) atoms. The van der Waals surface area contributed by atoms with E-state index >= 15 is 0 Å². The second kappa shape index (κ2) is 11.7. The number of halogens is 1. The zero-order chi connectivity index (χ0) is 22.2. The van der Waals surface area contributed by atoms with Crippen LogP contribution in [-0.2, 0) is 18.2 Å². The maximum absolute atomic E-state index is 5.83. The fourth-order valence-electron chi connectivity index (χ4n) is 4.32. The third-order valence-electron chi connectivity index (χ3n) is 3.97. The second-order valence-electron chi connectivity index (χ2n) is 9.71. The van der Waals surface area contributed by atoms with Gasteiger partial charge in [-0.3, -0.25) is 0 Å². The fraction of sp³-hybridized carbons (Fsp3) is 0.500. The van der Waals surface area contributed by atoms with E-state index in [1.807, 2.05) is 48.5 Å². The molecule has 160 valence electrons. The first-order valence-corrected chi connectivity index (χ1v) is 12.8. The molecule has 0 amide bonds. The van der Waals surface area contributed by atoms with Crippen LogP contribution in [0.3, 0.4) is 0 Å². The predicted molar refractivity (Wildman–Crippen MR) is 127 cm³/mol. The molecule has 2 aromatic carbocycles. The Morgan fingerprint density at radius 1 is 0.750 bits per heavy atom. The number of hydrogen-bond donors (Lipinski definition) is 1. The molecule has 0 atom stereocenters. The van der Waals surface area contributed by atoms with Crippen LogP contribution in [0.15, 0.2) is 48.5 Å². The van der Waals surface area contributed by atoms with Crippen LogP contribution in [0.5, 0.6) is 0 Å². The molecule has 0 heterocycles. The maximum atomic E-state index is 5.83. The van der Waals surface area contributed by atoms with Gasteiger partial charge in [-0.25, -0.2) is 0 Å². The van der Waals surface area contributed by atoms with Crippen molar-refractivity contribution in [2.75, 3.05) is 5.73 Å². The Morgan fingerprint density at radius 2 is 1.18 bits per heavy atom. The summed E-state index contributed by atoms with van der Waals surface area (Å²) >= 11 is 2.22. The Kier molecular flexibility index (Phi) is 11.6. The number of nitrogens with two attached hydrogens (primary N) is 1. The molecule has 0 radical (unpaired) electrons. The van der Waals surface area contributed by atoms with Gasteiger partial charge in [-0.1, -0.05) is 94.0 Å². The van der Waals surface area contributed by atoms with Crippen molar-refractivity contribution >= 4 is 23.1 Å². The monoisotopic (exact) mass is 511 g/mol. The summed E-state index contributed by atoms with van der Waals surface area (Å²) in [5.74, 6) is 0. The van der Waals surface area contributed by atoms with E-state index in [-0.39, 0.29) is 7.92 Å². The summed E-state index contributed by atoms with van der Waals surface area (Å²) < 4.78 is 0. The summed E-state index contributed by atoms with van der Waals surface area (Å²) in [7, 11) is 4.51. The van der Waals surface area contributed by atoms with Crippen LogP contribution >= 0.6 is 17.5 Å². The van der Waals surface area contributed by atoms with Gasteiger partial charge < -0.3 is 5.73 Å². The Hall–Kier alpha value is -0.378. The first-order valence-electron chi connectivity index (χ1n) is 9.48. The molecule has 0 aliphatic heterocycles. The molecule has 0 fully saturated rings. The fourth-order valence-corrected chi connectivity index (χ4v) is 10.4. The van der Waals surface area contributed by atoms with E-state index in [0.29, 0.717) is 15.5 Å². The molecule has 4 heteroatoms. The van der Waals surface area contributed by atoms with Crippen LogP contribution in [0.1, 0.15) is 62.3 Å². The quantitative estimate of drug-likeness (QED) is 0.177. The summed E-state index contributed by atoms with van der Waals surface area (Å²) in [6.45, 7) is 21.5. The van der Waals surface area contributed by atoms with E-state index in [4.69, 9.17) is 5.73 Å². The summed E-state index contributed by atoms with van der Waals surface area (Å²) in [6, 6.07) is 18.8. The van der Waals surface area contributed by atoms with Gasteiger partial charge in [0.25, 0.3) is 0 Å². The number of rotatable bonds is 1. The number of benzene rings is 2. The van der Waals surface area contributed by atoms with Crippen molar-refractivity contribution in [1.82, 2.24) is 0 Å². The molecule has 2 N–H and O–H groups in total. The summed E-state index contributed by atoms with van der Waals surface area (Å²) in [4.78, 5) is 0. The van der Waals surface area contributed by atoms with E-state index < -0.39 is 0 Å². The Labute approximate surface area is 190 Å². The molecule has 0 spiro atoms. The van der Waals surface area contributed by atoms with E-state index in [1.165, 1.54) is 0 Å². The topological polar surface area (TPSA) is 26.0 Å². The number of para-hydroxylation sites is 1. The van der Waals surface area contributed by atoms with Crippen LogP contribution in [0, 0.1) is 6.07 Å². The summed E-state index contributed by atoms with van der Waals surface area (Å²) in [5.41, 5.74) is 8.72. The van der Waals surface area contributed by atoms with Crippen LogP contribution in [0.25, 0.3) is 11.1 Å². The summed E-state index contributed by atoms with van der Waals surface area (Å²) in [5, 5.41) is 1.35. The van der Waals surface area contributed by atoms with Gasteiger partial charge in [0.05, 0.1) is 0 Å². The number of hydrogen-bond acceptors (Lipinski definition) is 1. The van der Waals surface area contributed by atoms with Crippen LogP contribution in [0.4, 0.5) is 5.69 Å². The first-order chi connectivity index (χ1) is 12.7. The van der Waals surface area contributed by atoms with Gasteiger partial charge in [0.15, 0.2) is 0 Å². The van der Waals surface area contributed by atoms with Gasteiger partial charge in [-0.05, 0) is 27.2 Å². The molecule has 0 aromatic heterocycles. The Morgan fingerprint density at radius 3 is 1.50 bits per heavy atom. The van der Waals surface area contributed by atoms with E-state index in [2.05, 4.69) is 96.1 Å². The number of nitrogen functional groups attached to an aromatic ring is 1. The average molecular weight is 512 g/mol. The van der Waals surface area contributed by atoms with E-state index in [9.17, 15) is 0 Å². The van der Waals surface area contributed by atoms with Crippen LogP contribution < -0.4 is 5.73 Å². The Balaban J connectivity index is 0.000000478. The zero-order valence-corrected chi connectivity index (χ0v) is 22.0. The molecule has 0 unspecified atom stereocenters. The molecule has 0 aliphatic carbocycles. The van der Waals surface area contributed by atoms with Crippen molar-refractivity contribution < 1.29 is 18.2 Å². The average Bonchev–Trinajstić information content (AvgIpc) is 2.54. The molecule has 0 saturated carbocycles. The third-order valence-corrected chi connectivity index (χ3v) is 8.00. The van der Waals surface area contributed by atoms with Crippen LogP contribution in [-0.4, -0.2) is 15.5 Å². The van der Waals surface area contributed by atoms with Crippen molar-refractivity contribution in [3.63, 3.8) is 0 Å². The molecular formula is C24H37ClNPPd. The van der Waals surface area contributed by atoms with E-state index in [1.54, 1.807) is 0 Å². The van der Waals surface area contributed by atoms with E-state index in [0.717, 1.165) is 16.8 Å². The minimum absolute atomic E-state index is 0.0162. The first kappa shape index (κ1) is 27.6. The van der Waals surface area contributed by atoms with Gasteiger partial charge in [-0.15, -0.1) is 35.9 Å². The van der Waals surface area contributed by atoms with Crippen molar-refractivity contribution in [3.8, 4) is 11.1 Å². The minimum atomic E-state index is 0.0162. The summed E-state index contributed by atoms with van der Waals surface area (Å²) in [6.07, 6.45) is 0. The van der Waals surface area contributed by atoms with Gasteiger partial charge >= 0.3 is 27.7 Å².